The van der Waals surface area contributed by atoms with Crippen LogP contribution in [0, 0.1) is 5.92 Å². The van der Waals surface area contributed by atoms with Crippen LogP contribution in [0.5, 0.6) is 11.5 Å². The molecule has 5 nitrogen and oxygen atoms in total. The number of hydrogen-bond acceptors (Lipinski definition) is 4. The maximum Gasteiger partial charge on any atom is 0.227 e. The summed E-state index contributed by atoms with van der Waals surface area (Å²) in [6.07, 6.45) is 2.88. The minimum atomic E-state index is -0.119. The summed E-state index contributed by atoms with van der Waals surface area (Å²) in [5.74, 6) is 1.68. The Balaban J connectivity index is 1.62. The van der Waals surface area contributed by atoms with Gasteiger partial charge in [-0.05, 0) is 56.5 Å². The van der Waals surface area contributed by atoms with Crippen LogP contribution >= 0.6 is 0 Å². The van der Waals surface area contributed by atoms with Crippen LogP contribution in [-0.2, 0) is 11.2 Å². The Hall–Kier alpha value is -1.75. The second-order valence-electron chi connectivity index (χ2n) is 5.97. The minimum Gasteiger partial charge on any atom is -0.494 e. The second-order valence-corrected chi connectivity index (χ2v) is 5.97. The summed E-state index contributed by atoms with van der Waals surface area (Å²) in [5.41, 5.74) is 1.05. The Morgan fingerprint density at radius 2 is 2.41 bits per heavy atom. The molecule has 0 radical (unpaired) electrons. The molecule has 1 aromatic carbocycles. The normalized spacial score (nSPS) is 24.0. The fraction of sp³-hybridized carbons (Fsp3) is 0.588. The van der Waals surface area contributed by atoms with Crippen molar-refractivity contribution in [3.8, 4) is 11.5 Å². The van der Waals surface area contributed by atoms with Crippen molar-refractivity contribution >= 4 is 5.91 Å². The summed E-state index contributed by atoms with van der Waals surface area (Å²) in [6.45, 7) is 4.96. The number of nitrogens with one attached hydrogen (secondary N) is 2. The zero-order chi connectivity index (χ0) is 15.4. The van der Waals surface area contributed by atoms with Gasteiger partial charge in [0.15, 0.2) is 0 Å². The average Bonchev–Trinajstić information content (AvgIpc) is 2.55. The molecule has 3 rings (SSSR count). The summed E-state index contributed by atoms with van der Waals surface area (Å²) >= 11 is 0. The van der Waals surface area contributed by atoms with Gasteiger partial charge >= 0.3 is 0 Å². The van der Waals surface area contributed by atoms with Gasteiger partial charge in [0, 0.05) is 12.6 Å². The fourth-order valence-electron chi connectivity index (χ4n) is 3.09. The van der Waals surface area contributed by atoms with Crippen molar-refractivity contribution in [2.24, 2.45) is 5.92 Å². The molecule has 1 amide bonds. The van der Waals surface area contributed by atoms with Crippen LogP contribution in [0.4, 0.5) is 0 Å². The third kappa shape index (κ3) is 3.53. The van der Waals surface area contributed by atoms with Gasteiger partial charge in [-0.15, -0.1) is 0 Å². The van der Waals surface area contributed by atoms with Crippen molar-refractivity contribution in [1.29, 1.82) is 0 Å². The van der Waals surface area contributed by atoms with Crippen molar-refractivity contribution in [3.05, 3.63) is 23.8 Å². The first-order chi connectivity index (χ1) is 10.8. The molecule has 0 saturated carbocycles. The van der Waals surface area contributed by atoms with Gasteiger partial charge in [-0.3, -0.25) is 4.79 Å². The SMILES string of the molecule is CCOc1ccc2c(c1)CC(C(=O)N[C@H]1CCCNC1)CO2. The molecule has 2 aliphatic heterocycles. The molecular formula is C17H24N2O3. The first-order valence-corrected chi connectivity index (χ1v) is 8.16. The Kier molecular flexibility index (Phi) is 4.83. The number of carbonyl (C=O) groups is 1. The van der Waals surface area contributed by atoms with Gasteiger partial charge in [0.25, 0.3) is 0 Å². The Labute approximate surface area is 131 Å². The Bertz CT molecular complexity index is 527. The van der Waals surface area contributed by atoms with Gasteiger partial charge in [-0.25, -0.2) is 0 Å². The molecule has 0 spiro atoms. The first kappa shape index (κ1) is 15.2. The van der Waals surface area contributed by atoms with Crippen LogP contribution in [0.25, 0.3) is 0 Å². The predicted molar refractivity (Wildman–Crippen MR) is 84.3 cm³/mol. The predicted octanol–water partition coefficient (Wildman–Crippen LogP) is 1.50. The number of hydrogen-bond donors (Lipinski definition) is 2. The Morgan fingerprint density at radius 1 is 1.50 bits per heavy atom. The number of amides is 1. The summed E-state index contributed by atoms with van der Waals surface area (Å²) in [4.78, 5) is 12.4. The molecule has 1 saturated heterocycles. The minimum absolute atomic E-state index is 0.0983. The monoisotopic (exact) mass is 304 g/mol. The third-order valence-electron chi connectivity index (χ3n) is 4.26. The van der Waals surface area contributed by atoms with Crippen molar-refractivity contribution in [2.45, 2.75) is 32.2 Å². The van der Waals surface area contributed by atoms with Gasteiger partial charge in [0.05, 0.1) is 12.5 Å². The standard InChI is InChI=1S/C17H24N2O3/c1-2-21-15-5-6-16-12(9-15)8-13(11-22-16)17(20)19-14-4-3-7-18-10-14/h5-6,9,13-14,18H,2-4,7-8,10-11H2,1H3,(H,19,20)/t13?,14-/m0/s1. The molecule has 1 aromatic rings. The quantitative estimate of drug-likeness (QED) is 0.885. The third-order valence-corrected chi connectivity index (χ3v) is 4.26. The number of ether oxygens (including phenoxy) is 2. The van der Waals surface area contributed by atoms with Crippen LogP contribution < -0.4 is 20.1 Å². The highest BCUT2D eigenvalue weighted by Gasteiger charge is 2.28. The maximum absolute atomic E-state index is 12.4. The molecule has 22 heavy (non-hydrogen) atoms. The largest absolute Gasteiger partial charge is 0.494 e. The summed E-state index contributed by atoms with van der Waals surface area (Å²) in [6, 6.07) is 6.08. The molecule has 2 atom stereocenters. The van der Waals surface area contributed by atoms with Crippen LogP contribution in [0.15, 0.2) is 18.2 Å². The van der Waals surface area contributed by atoms with Gasteiger partial charge in [-0.1, -0.05) is 0 Å². The zero-order valence-corrected chi connectivity index (χ0v) is 13.1. The lowest BCUT2D eigenvalue weighted by atomic mass is 9.95. The number of carbonyl (C=O) groups excluding carboxylic acids is 1. The van der Waals surface area contributed by atoms with E-state index in [9.17, 15) is 4.79 Å². The average molecular weight is 304 g/mol. The van der Waals surface area contributed by atoms with E-state index in [2.05, 4.69) is 10.6 Å². The molecule has 120 valence electrons. The van der Waals surface area contributed by atoms with E-state index in [1.165, 1.54) is 0 Å². The van der Waals surface area contributed by atoms with Crippen LogP contribution in [0.1, 0.15) is 25.3 Å². The molecule has 0 aliphatic carbocycles. The van der Waals surface area contributed by atoms with E-state index in [0.29, 0.717) is 19.6 Å². The maximum atomic E-state index is 12.4. The first-order valence-electron chi connectivity index (χ1n) is 8.16. The highest BCUT2D eigenvalue weighted by molar-refractivity contribution is 5.80. The number of piperidine rings is 1. The summed E-state index contributed by atoms with van der Waals surface area (Å²) < 4.78 is 11.3. The lowest BCUT2D eigenvalue weighted by Gasteiger charge is -2.29. The van der Waals surface area contributed by atoms with E-state index >= 15 is 0 Å². The van der Waals surface area contributed by atoms with Gasteiger partial charge < -0.3 is 20.1 Å². The molecule has 2 aliphatic rings. The fourth-order valence-corrected chi connectivity index (χ4v) is 3.09. The number of benzene rings is 1. The topological polar surface area (TPSA) is 59.6 Å². The molecular weight excluding hydrogens is 280 g/mol. The van der Waals surface area contributed by atoms with Crippen molar-refractivity contribution in [2.75, 3.05) is 26.3 Å². The van der Waals surface area contributed by atoms with E-state index in [4.69, 9.17) is 9.47 Å². The molecule has 5 heteroatoms. The van der Waals surface area contributed by atoms with E-state index < -0.39 is 0 Å². The molecule has 2 N–H and O–H groups in total. The Morgan fingerprint density at radius 3 is 3.18 bits per heavy atom. The van der Waals surface area contributed by atoms with E-state index in [0.717, 1.165) is 43.0 Å². The summed E-state index contributed by atoms with van der Waals surface area (Å²) in [7, 11) is 0. The van der Waals surface area contributed by atoms with Crippen molar-refractivity contribution in [1.82, 2.24) is 10.6 Å². The van der Waals surface area contributed by atoms with Gasteiger partial charge in [-0.2, -0.15) is 0 Å². The molecule has 0 bridgehead atoms. The van der Waals surface area contributed by atoms with Crippen LogP contribution in [-0.4, -0.2) is 38.3 Å². The number of fused-ring (bicyclic) bond motifs is 1. The number of rotatable bonds is 4. The zero-order valence-electron chi connectivity index (χ0n) is 13.1. The molecule has 1 fully saturated rings. The van der Waals surface area contributed by atoms with Crippen LogP contribution in [0.3, 0.4) is 0 Å². The second kappa shape index (κ2) is 7.01. The van der Waals surface area contributed by atoms with Crippen molar-refractivity contribution in [3.63, 3.8) is 0 Å². The summed E-state index contributed by atoms with van der Waals surface area (Å²) in [5, 5.41) is 6.46. The highest BCUT2D eigenvalue weighted by atomic mass is 16.5. The lowest BCUT2D eigenvalue weighted by molar-refractivity contribution is -0.127. The molecule has 2 heterocycles. The van der Waals surface area contributed by atoms with Gasteiger partial charge in [0.2, 0.25) is 5.91 Å². The van der Waals surface area contributed by atoms with Crippen molar-refractivity contribution < 1.29 is 14.3 Å². The van der Waals surface area contributed by atoms with Crippen LogP contribution in [0.2, 0.25) is 0 Å². The highest BCUT2D eigenvalue weighted by Crippen LogP contribution is 2.31. The van der Waals surface area contributed by atoms with E-state index in [1.807, 2.05) is 25.1 Å². The van der Waals surface area contributed by atoms with Gasteiger partial charge in [0.1, 0.15) is 18.1 Å². The molecule has 1 unspecified atom stereocenters. The lowest BCUT2D eigenvalue weighted by Crippen LogP contribution is -2.49. The van der Waals surface area contributed by atoms with E-state index in [1.54, 1.807) is 0 Å². The smallest absolute Gasteiger partial charge is 0.227 e. The van der Waals surface area contributed by atoms with E-state index in [-0.39, 0.29) is 17.9 Å². The molecule has 0 aromatic heterocycles.